The van der Waals surface area contributed by atoms with Crippen LogP contribution in [0.2, 0.25) is 0 Å². The number of hydrogen-bond acceptors (Lipinski definition) is 1. The summed E-state index contributed by atoms with van der Waals surface area (Å²) in [5.74, 6) is 0. The van der Waals surface area contributed by atoms with Crippen LogP contribution in [0.25, 0.3) is 32.3 Å². The van der Waals surface area contributed by atoms with E-state index in [1.54, 1.807) is 0 Å². The predicted octanol–water partition coefficient (Wildman–Crippen LogP) is 5.09. The number of nitrogen functional groups attached to an aromatic ring is 1. The third-order valence-electron chi connectivity index (χ3n) is 4.55. The van der Waals surface area contributed by atoms with E-state index in [0.717, 1.165) is 5.69 Å². The molecule has 0 aromatic heterocycles. The number of aryl methyl sites for hydroxylation is 3. The summed E-state index contributed by atoms with van der Waals surface area (Å²) in [5.41, 5.74) is 11.0. The Kier molecular flexibility index (Phi) is 2.10. The summed E-state index contributed by atoms with van der Waals surface area (Å²) in [6.45, 7) is 6.52. The minimum Gasteiger partial charge on any atom is -0.398 e. The molecule has 4 aromatic rings. The van der Waals surface area contributed by atoms with Crippen LogP contribution in [0.15, 0.2) is 36.4 Å². The molecule has 4 rings (SSSR count). The minimum absolute atomic E-state index is 0.878. The Morgan fingerprint density at radius 3 is 1.55 bits per heavy atom. The number of rotatable bonds is 0. The molecule has 0 aliphatic rings. The third-order valence-corrected chi connectivity index (χ3v) is 4.55. The van der Waals surface area contributed by atoms with Gasteiger partial charge in [0.1, 0.15) is 0 Å². The Morgan fingerprint density at radius 2 is 1.00 bits per heavy atom. The smallest absolute Gasteiger partial charge is 0.0397 e. The Hall–Kier alpha value is -2.28. The average Bonchev–Trinajstić information content (AvgIpc) is 2.42. The highest BCUT2D eigenvalue weighted by Gasteiger charge is 2.13. The van der Waals surface area contributed by atoms with Crippen molar-refractivity contribution in [3.8, 4) is 0 Å². The topological polar surface area (TPSA) is 26.0 Å². The average molecular weight is 259 g/mol. The van der Waals surface area contributed by atoms with Crippen molar-refractivity contribution in [3.63, 3.8) is 0 Å². The number of hydrogen-bond donors (Lipinski definition) is 1. The zero-order valence-electron chi connectivity index (χ0n) is 12.0. The first-order chi connectivity index (χ1) is 9.58. The number of nitrogens with two attached hydrogens (primary N) is 1. The van der Waals surface area contributed by atoms with E-state index in [2.05, 4.69) is 57.2 Å². The standard InChI is InChI=1S/C19H17N/c1-10-8-11(2)14-6-7-16-17(20)9-12(3)15-5-4-13(10)18(14)19(15)16/h4-9H,20H2,1-3H3. The van der Waals surface area contributed by atoms with Gasteiger partial charge < -0.3 is 5.73 Å². The van der Waals surface area contributed by atoms with Crippen molar-refractivity contribution < 1.29 is 0 Å². The van der Waals surface area contributed by atoms with Crippen molar-refractivity contribution in [1.29, 1.82) is 0 Å². The molecule has 0 bridgehead atoms. The Labute approximate surface area is 118 Å². The Balaban J connectivity index is 2.47. The van der Waals surface area contributed by atoms with Crippen LogP contribution in [0, 0.1) is 20.8 Å². The van der Waals surface area contributed by atoms with E-state index in [-0.39, 0.29) is 0 Å². The fraction of sp³-hybridized carbons (Fsp3) is 0.158. The van der Waals surface area contributed by atoms with Crippen LogP contribution in [-0.4, -0.2) is 0 Å². The van der Waals surface area contributed by atoms with Gasteiger partial charge in [0, 0.05) is 11.1 Å². The zero-order chi connectivity index (χ0) is 14.0. The van der Waals surface area contributed by atoms with Crippen LogP contribution < -0.4 is 5.73 Å². The van der Waals surface area contributed by atoms with Crippen LogP contribution in [-0.2, 0) is 0 Å². The van der Waals surface area contributed by atoms with Crippen molar-refractivity contribution in [2.45, 2.75) is 20.8 Å². The molecule has 0 spiro atoms. The minimum atomic E-state index is 0.878. The molecule has 1 nitrogen and oxygen atoms in total. The van der Waals surface area contributed by atoms with Gasteiger partial charge in [-0.3, -0.25) is 0 Å². The quantitative estimate of drug-likeness (QED) is 0.345. The zero-order valence-corrected chi connectivity index (χ0v) is 12.0. The largest absolute Gasteiger partial charge is 0.398 e. The molecule has 0 fully saturated rings. The van der Waals surface area contributed by atoms with Crippen molar-refractivity contribution in [1.82, 2.24) is 0 Å². The van der Waals surface area contributed by atoms with Crippen molar-refractivity contribution in [2.75, 3.05) is 5.73 Å². The van der Waals surface area contributed by atoms with E-state index in [1.807, 2.05) is 0 Å². The number of benzene rings is 4. The first-order valence-corrected chi connectivity index (χ1v) is 7.01. The van der Waals surface area contributed by atoms with E-state index in [1.165, 1.54) is 49.0 Å². The summed E-state index contributed by atoms with van der Waals surface area (Å²) in [6, 6.07) is 13.2. The van der Waals surface area contributed by atoms with Gasteiger partial charge in [0.25, 0.3) is 0 Å². The molecule has 98 valence electrons. The van der Waals surface area contributed by atoms with Crippen LogP contribution in [0.1, 0.15) is 16.7 Å². The van der Waals surface area contributed by atoms with Gasteiger partial charge in [0.05, 0.1) is 0 Å². The molecular weight excluding hydrogens is 242 g/mol. The van der Waals surface area contributed by atoms with Crippen LogP contribution in [0.4, 0.5) is 5.69 Å². The molecular formula is C19H17N. The summed E-state index contributed by atoms with van der Waals surface area (Å²) < 4.78 is 0. The highest BCUT2D eigenvalue weighted by molar-refractivity contribution is 6.26. The lowest BCUT2D eigenvalue weighted by atomic mass is 9.88. The Bertz CT molecular complexity index is 826. The second-order valence-electron chi connectivity index (χ2n) is 5.86. The van der Waals surface area contributed by atoms with Gasteiger partial charge in [-0.25, -0.2) is 0 Å². The molecule has 20 heavy (non-hydrogen) atoms. The molecule has 0 aliphatic heterocycles. The van der Waals surface area contributed by atoms with E-state index in [9.17, 15) is 0 Å². The van der Waals surface area contributed by atoms with Gasteiger partial charge >= 0.3 is 0 Å². The van der Waals surface area contributed by atoms with E-state index in [4.69, 9.17) is 5.73 Å². The maximum absolute atomic E-state index is 6.24. The van der Waals surface area contributed by atoms with Crippen molar-refractivity contribution in [2.24, 2.45) is 0 Å². The molecule has 0 heterocycles. The summed E-state index contributed by atoms with van der Waals surface area (Å²) >= 11 is 0. The second kappa shape index (κ2) is 3.63. The normalized spacial score (nSPS) is 11.9. The van der Waals surface area contributed by atoms with Gasteiger partial charge in [-0.05, 0) is 70.5 Å². The third kappa shape index (κ3) is 1.27. The lowest BCUT2D eigenvalue weighted by molar-refractivity contribution is 1.45. The first kappa shape index (κ1) is 11.5. The summed E-state index contributed by atoms with van der Waals surface area (Å²) in [6.07, 6.45) is 0. The molecule has 1 heteroatoms. The van der Waals surface area contributed by atoms with Gasteiger partial charge in [-0.1, -0.05) is 30.3 Å². The molecule has 2 N–H and O–H groups in total. The van der Waals surface area contributed by atoms with E-state index >= 15 is 0 Å². The molecule has 0 amide bonds. The SMILES string of the molecule is Cc1cc(C)c2ccc3c(N)cc(C)c4ccc1c2c43. The second-order valence-corrected chi connectivity index (χ2v) is 5.86. The molecule has 0 unspecified atom stereocenters. The van der Waals surface area contributed by atoms with Crippen LogP contribution in [0.3, 0.4) is 0 Å². The van der Waals surface area contributed by atoms with E-state index in [0.29, 0.717) is 0 Å². The molecule has 0 aliphatic carbocycles. The molecule has 0 saturated heterocycles. The Morgan fingerprint density at radius 1 is 0.600 bits per heavy atom. The maximum Gasteiger partial charge on any atom is 0.0397 e. The highest BCUT2D eigenvalue weighted by atomic mass is 14.6. The van der Waals surface area contributed by atoms with Gasteiger partial charge in [-0.15, -0.1) is 0 Å². The summed E-state index contributed by atoms with van der Waals surface area (Å²) in [4.78, 5) is 0. The van der Waals surface area contributed by atoms with E-state index < -0.39 is 0 Å². The summed E-state index contributed by atoms with van der Waals surface area (Å²) in [7, 11) is 0. The van der Waals surface area contributed by atoms with Gasteiger partial charge in [0.15, 0.2) is 0 Å². The van der Waals surface area contributed by atoms with Crippen LogP contribution in [0.5, 0.6) is 0 Å². The van der Waals surface area contributed by atoms with Crippen molar-refractivity contribution in [3.05, 3.63) is 53.1 Å². The molecule has 0 radical (unpaired) electrons. The predicted molar refractivity (Wildman–Crippen MR) is 88.8 cm³/mol. The number of anilines is 1. The lowest BCUT2D eigenvalue weighted by Crippen LogP contribution is -1.94. The highest BCUT2D eigenvalue weighted by Crippen LogP contribution is 2.40. The molecule has 0 atom stereocenters. The fourth-order valence-corrected chi connectivity index (χ4v) is 3.59. The lowest BCUT2D eigenvalue weighted by Gasteiger charge is -2.16. The van der Waals surface area contributed by atoms with Crippen molar-refractivity contribution >= 4 is 38.0 Å². The van der Waals surface area contributed by atoms with Gasteiger partial charge in [-0.2, -0.15) is 0 Å². The van der Waals surface area contributed by atoms with Crippen LogP contribution >= 0.6 is 0 Å². The molecule has 4 aromatic carbocycles. The first-order valence-electron chi connectivity index (χ1n) is 7.01. The molecule has 0 saturated carbocycles. The van der Waals surface area contributed by atoms with Gasteiger partial charge in [0.2, 0.25) is 0 Å². The monoisotopic (exact) mass is 259 g/mol. The summed E-state index contributed by atoms with van der Waals surface area (Å²) in [5, 5.41) is 7.87. The maximum atomic E-state index is 6.24. The fourth-order valence-electron chi connectivity index (χ4n) is 3.59.